The fraction of sp³-hybridized carbons (Fsp3) is 0.583. The first kappa shape index (κ1) is 14.0. The molecule has 0 unspecified atom stereocenters. The van der Waals surface area contributed by atoms with Gasteiger partial charge in [-0.25, -0.2) is 4.98 Å². The molecule has 0 spiro atoms. The molecular formula is C12H18ClN5O. The molecule has 2 aromatic heterocycles. The Labute approximate surface area is 117 Å². The number of ether oxygens (including phenoxy) is 1. The number of nitrogens with zero attached hydrogens (tertiary/aromatic N) is 3. The lowest BCUT2D eigenvalue weighted by Gasteiger charge is -2.08. The predicted molar refractivity (Wildman–Crippen MR) is 75.5 cm³/mol. The summed E-state index contributed by atoms with van der Waals surface area (Å²) in [5.41, 5.74) is 1.34. The van der Waals surface area contributed by atoms with Gasteiger partial charge in [-0.3, -0.25) is 0 Å². The molecule has 0 aliphatic carbocycles. The summed E-state index contributed by atoms with van der Waals surface area (Å²) in [6.07, 6.45) is 2.48. The summed E-state index contributed by atoms with van der Waals surface area (Å²) in [5.74, 6) is 1.25. The molecule has 6 nitrogen and oxygen atoms in total. The number of halogens is 1. The molecule has 0 bridgehead atoms. The molecule has 7 heteroatoms. The number of nitrogens with one attached hydrogen (secondary N) is 2. The van der Waals surface area contributed by atoms with E-state index < -0.39 is 0 Å². The van der Waals surface area contributed by atoms with E-state index >= 15 is 0 Å². The number of anilines is 1. The van der Waals surface area contributed by atoms with Crippen LogP contribution in [0.25, 0.3) is 11.2 Å². The highest BCUT2D eigenvalue weighted by atomic mass is 35.5. The third-order valence-corrected chi connectivity index (χ3v) is 2.64. The zero-order valence-electron chi connectivity index (χ0n) is 11.1. The van der Waals surface area contributed by atoms with Crippen molar-refractivity contribution in [1.82, 2.24) is 19.9 Å². The molecule has 104 valence electrons. The largest absolute Gasteiger partial charge is 0.381 e. The van der Waals surface area contributed by atoms with Gasteiger partial charge in [0.05, 0.1) is 6.33 Å². The summed E-state index contributed by atoms with van der Waals surface area (Å²) in [4.78, 5) is 15.2. The standard InChI is InChI=1S/C12H18ClN5O/c1-8(2)6-19-5-3-4-14-10-9-11(16-7-15-9)18-12(13)17-10/h7-8H,3-6H2,1-2H3,(H2,14,15,16,17,18). The van der Waals surface area contributed by atoms with Gasteiger partial charge in [-0.2, -0.15) is 9.97 Å². The number of rotatable bonds is 7. The third kappa shape index (κ3) is 4.04. The molecule has 0 amide bonds. The van der Waals surface area contributed by atoms with Gasteiger partial charge in [-0.1, -0.05) is 13.8 Å². The predicted octanol–water partition coefficient (Wildman–Crippen LogP) is 2.48. The zero-order valence-corrected chi connectivity index (χ0v) is 11.9. The van der Waals surface area contributed by atoms with Crippen molar-refractivity contribution in [2.75, 3.05) is 25.1 Å². The van der Waals surface area contributed by atoms with Crippen LogP contribution in [-0.4, -0.2) is 39.7 Å². The zero-order chi connectivity index (χ0) is 13.7. The highest BCUT2D eigenvalue weighted by Crippen LogP contribution is 2.18. The van der Waals surface area contributed by atoms with Crippen molar-refractivity contribution in [3.63, 3.8) is 0 Å². The van der Waals surface area contributed by atoms with E-state index in [1.165, 1.54) is 0 Å². The van der Waals surface area contributed by atoms with Crippen LogP contribution in [0.2, 0.25) is 5.28 Å². The smallest absolute Gasteiger partial charge is 0.226 e. The Morgan fingerprint density at radius 3 is 3.05 bits per heavy atom. The van der Waals surface area contributed by atoms with Crippen molar-refractivity contribution >= 4 is 28.6 Å². The van der Waals surface area contributed by atoms with Crippen LogP contribution in [0.15, 0.2) is 6.33 Å². The maximum absolute atomic E-state index is 5.84. The van der Waals surface area contributed by atoms with Crippen LogP contribution in [0.1, 0.15) is 20.3 Å². The number of H-pyrrole nitrogens is 1. The van der Waals surface area contributed by atoms with E-state index in [-0.39, 0.29) is 5.28 Å². The lowest BCUT2D eigenvalue weighted by atomic mass is 10.2. The van der Waals surface area contributed by atoms with Gasteiger partial charge in [-0.15, -0.1) is 0 Å². The topological polar surface area (TPSA) is 75.7 Å². The number of hydrogen-bond acceptors (Lipinski definition) is 5. The summed E-state index contributed by atoms with van der Waals surface area (Å²) in [7, 11) is 0. The van der Waals surface area contributed by atoms with Crippen LogP contribution in [0.4, 0.5) is 5.82 Å². The fourth-order valence-corrected chi connectivity index (χ4v) is 1.80. The average molecular weight is 284 g/mol. The van der Waals surface area contributed by atoms with Crippen molar-refractivity contribution in [3.05, 3.63) is 11.6 Å². The number of imidazole rings is 1. The van der Waals surface area contributed by atoms with E-state index in [2.05, 4.69) is 39.1 Å². The SMILES string of the molecule is CC(C)COCCCNc1nc(Cl)nc2nc[nH]c12. The molecule has 2 aromatic rings. The molecule has 2 rings (SSSR count). The first-order valence-electron chi connectivity index (χ1n) is 6.35. The second kappa shape index (κ2) is 6.68. The van der Waals surface area contributed by atoms with Gasteiger partial charge in [0.15, 0.2) is 11.5 Å². The molecule has 0 aromatic carbocycles. The van der Waals surface area contributed by atoms with Crippen LogP contribution >= 0.6 is 11.6 Å². The van der Waals surface area contributed by atoms with E-state index in [4.69, 9.17) is 16.3 Å². The van der Waals surface area contributed by atoms with Crippen LogP contribution in [-0.2, 0) is 4.74 Å². The van der Waals surface area contributed by atoms with E-state index in [1.54, 1.807) is 6.33 Å². The Morgan fingerprint density at radius 2 is 2.26 bits per heavy atom. The Balaban J connectivity index is 1.83. The van der Waals surface area contributed by atoms with Gasteiger partial charge >= 0.3 is 0 Å². The molecule has 0 saturated carbocycles. The van der Waals surface area contributed by atoms with Gasteiger partial charge in [-0.05, 0) is 23.9 Å². The van der Waals surface area contributed by atoms with Crippen molar-refractivity contribution < 1.29 is 4.74 Å². The fourth-order valence-electron chi connectivity index (χ4n) is 1.63. The first-order valence-corrected chi connectivity index (χ1v) is 6.73. The van der Waals surface area contributed by atoms with Gasteiger partial charge in [0, 0.05) is 19.8 Å². The summed E-state index contributed by atoms with van der Waals surface area (Å²) in [6, 6.07) is 0. The monoisotopic (exact) mass is 283 g/mol. The molecule has 0 saturated heterocycles. The highest BCUT2D eigenvalue weighted by Gasteiger charge is 2.07. The maximum Gasteiger partial charge on any atom is 0.226 e. The minimum atomic E-state index is 0.193. The lowest BCUT2D eigenvalue weighted by molar-refractivity contribution is 0.110. The second-order valence-corrected chi connectivity index (χ2v) is 5.03. The Hall–Kier alpha value is -1.40. The van der Waals surface area contributed by atoms with Gasteiger partial charge in [0.25, 0.3) is 0 Å². The minimum absolute atomic E-state index is 0.193. The van der Waals surface area contributed by atoms with Crippen LogP contribution in [0.3, 0.4) is 0 Å². The quantitative estimate of drug-likeness (QED) is 0.603. The maximum atomic E-state index is 5.84. The van der Waals surface area contributed by atoms with Crippen molar-refractivity contribution in [1.29, 1.82) is 0 Å². The van der Waals surface area contributed by atoms with Gasteiger partial charge in [0.2, 0.25) is 5.28 Å². The summed E-state index contributed by atoms with van der Waals surface area (Å²) < 4.78 is 5.51. The Bertz CT molecular complexity index is 528. The first-order chi connectivity index (χ1) is 9.16. The molecule has 0 aliphatic heterocycles. The molecule has 0 fully saturated rings. The van der Waals surface area contributed by atoms with E-state index in [9.17, 15) is 0 Å². The van der Waals surface area contributed by atoms with Gasteiger partial charge in [0.1, 0.15) is 5.52 Å². The minimum Gasteiger partial charge on any atom is -0.381 e. The number of fused-ring (bicyclic) bond motifs is 1. The van der Waals surface area contributed by atoms with Crippen LogP contribution in [0.5, 0.6) is 0 Å². The summed E-state index contributed by atoms with van der Waals surface area (Å²) in [5, 5.41) is 3.41. The lowest BCUT2D eigenvalue weighted by Crippen LogP contribution is -2.09. The number of aromatic nitrogens is 4. The molecule has 19 heavy (non-hydrogen) atoms. The van der Waals surface area contributed by atoms with E-state index in [0.29, 0.717) is 17.4 Å². The second-order valence-electron chi connectivity index (χ2n) is 4.69. The molecule has 2 heterocycles. The Kier molecular flexibility index (Phi) is 4.93. The normalized spacial score (nSPS) is 11.4. The average Bonchev–Trinajstić information content (AvgIpc) is 2.80. The Morgan fingerprint density at radius 1 is 1.42 bits per heavy atom. The summed E-state index contributed by atoms with van der Waals surface area (Å²) in [6.45, 7) is 6.56. The van der Waals surface area contributed by atoms with Gasteiger partial charge < -0.3 is 15.0 Å². The molecule has 2 N–H and O–H groups in total. The molecule has 0 radical (unpaired) electrons. The highest BCUT2D eigenvalue weighted by molar-refractivity contribution is 6.28. The van der Waals surface area contributed by atoms with E-state index in [0.717, 1.165) is 31.7 Å². The molecule has 0 atom stereocenters. The molecule has 0 aliphatic rings. The van der Waals surface area contributed by atoms with Crippen molar-refractivity contribution in [3.8, 4) is 0 Å². The van der Waals surface area contributed by atoms with Crippen molar-refractivity contribution in [2.45, 2.75) is 20.3 Å². The van der Waals surface area contributed by atoms with E-state index in [1.807, 2.05) is 0 Å². The summed E-state index contributed by atoms with van der Waals surface area (Å²) >= 11 is 5.84. The van der Waals surface area contributed by atoms with Crippen LogP contribution in [0, 0.1) is 5.92 Å². The van der Waals surface area contributed by atoms with Crippen molar-refractivity contribution in [2.24, 2.45) is 5.92 Å². The molecular weight excluding hydrogens is 266 g/mol. The number of hydrogen-bond donors (Lipinski definition) is 2. The number of aromatic amines is 1. The third-order valence-electron chi connectivity index (χ3n) is 2.47. The van der Waals surface area contributed by atoms with Crippen LogP contribution < -0.4 is 5.32 Å².